The summed E-state index contributed by atoms with van der Waals surface area (Å²) in [7, 11) is 1.56. The molecule has 0 spiro atoms. The molecule has 1 aromatic carbocycles. The Kier molecular flexibility index (Phi) is 4.70. The Bertz CT molecular complexity index is 444. The van der Waals surface area contributed by atoms with E-state index < -0.39 is 4.92 Å². The van der Waals surface area contributed by atoms with Crippen molar-refractivity contribution in [2.24, 2.45) is 0 Å². The number of nitrogens with zero attached hydrogens (tertiary/aromatic N) is 1. The second kappa shape index (κ2) is 6.49. The summed E-state index contributed by atoms with van der Waals surface area (Å²) in [6.45, 7) is 2.05. The average molecular weight is 266 g/mol. The topological polar surface area (TPSA) is 73.6 Å². The fourth-order valence-electron chi connectivity index (χ4n) is 2.17. The molecule has 1 heterocycles. The van der Waals surface area contributed by atoms with Gasteiger partial charge in [0.15, 0.2) is 0 Å². The number of rotatable bonds is 5. The standard InChI is InChI=1S/C13H18N2O4/c1-18-13-5-4-12(15(16)17)7-10(13)8-14-11-3-2-6-19-9-11/h4-5,7,11,14H,2-3,6,8-9H2,1H3. The Hall–Kier alpha value is -1.66. The van der Waals surface area contributed by atoms with Crippen LogP contribution in [0.1, 0.15) is 18.4 Å². The van der Waals surface area contributed by atoms with Crippen molar-refractivity contribution in [2.75, 3.05) is 20.3 Å². The lowest BCUT2D eigenvalue weighted by Gasteiger charge is -2.23. The molecule has 6 nitrogen and oxygen atoms in total. The summed E-state index contributed by atoms with van der Waals surface area (Å²) in [5, 5.41) is 14.1. The molecule has 1 fully saturated rings. The van der Waals surface area contributed by atoms with Crippen LogP contribution in [0.2, 0.25) is 0 Å². The van der Waals surface area contributed by atoms with Crippen molar-refractivity contribution in [3.05, 3.63) is 33.9 Å². The van der Waals surface area contributed by atoms with Gasteiger partial charge in [-0.3, -0.25) is 10.1 Å². The first kappa shape index (κ1) is 13.8. The van der Waals surface area contributed by atoms with E-state index in [-0.39, 0.29) is 5.69 Å². The summed E-state index contributed by atoms with van der Waals surface area (Å²) in [5.74, 6) is 0.662. The van der Waals surface area contributed by atoms with Gasteiger partial charge in [0.25, 0.3) is 5.69 Å². The third-order valence-corrected chi connectivity index (χ3v) is 3.22. The van der Waals surface area contributed by atoms with E-state index in [2.05, 4.69) is 5.32 Å². The zero-order chi connectivity index (χ0) is 13.7. The Labute approximate surface area is 111 Å². The van der Waals surface area contributed by atoms with Crippen molar-refractivity contribution < 1.29 is 14.4 Å². The van der Waals surface area contributed by atoms with E-state index in [1.54, 1.807) is 19.2 Å². The molecule has 0 amide bonds. The van der Waals surface area contributed by atoms with E-state index in [1.807, 2.05) is 0 Å². The molecule has 1 unspecified atom stereocenters. The summed E-state index contributed by atoms with van der Waals surface area (Å²) in [6.07, 6.45) is 2.11. The molecule has 1 aliphatic heterocycles. The molecule has 1 saturated heterocycles. The number of nitro benzene ring substituents is 1. The van der Waals surface area contributed by atoms with Crippen molar-refractivity contribution in [3.63, 3.8) is 0 Å². The Morgan fingerprint density at radius 1 is 1.58 bits per heavy atom. The summed E-state index contributed by atoms with van der Waals surface area (Å²) in [4.78, 5) is 10.4. The van der Waals surface area contributed by atoms with E-state index in [9.17, 15) is 10.1 Å². The van der Waals surface area contributed by atoms with Gasteiger partial charge >= 0.3 is 0 Å². The number of methoxy groups -OCH3 is 1. The van der Waals surface area contributed by atoms with Crippen LogP contribution in [0.25, 0.3) is 0 Å². The molecule has 1 atom stereocenters. The van der Waals surface area contributed by atoms with Crippen LogP contribution in [-0.2, 0) is 11.3 Å². The first-order valence-corrected chi connectivity index (χ1v) is 6.33. The number of nitro groups is 1. The molecule has 0 aromatic heterocycles. The van der Waals surface area contributed by atoms with Crippen LogP contribution in [0.3, 0.4) is 0 Å². The minimum absolute atomic E-state index is 0.0810. The number of non-ortho nitro benzene ring substituents is 1. The summed E-state index contributed by atoms with van der Waals surface area (Å²) >= 11 is 0. The van der Waals surface area contributed by atoms with E-state index in [0.717, 1.165) is 25.0 Å². The molecular formula is C13H18N2O4. The van der Waals surface area contributed by atoms with Crippen LogP contribution in [0.4, 0.5) is 5.69 Å². The molecule has 0 bridgehead atoms. The molecule has 6 heteroatoms. The predicted octanol–water partition coefficient (Wildman–Crippen LogP) is 1.87. The normalized spacial score (nSPS) is 19.1. The molecule has 1 aromatic rings. The minimum Gasteiger partial charge on any atom is -0.496 e. The molecular weight excluding hydrogens is 248 g/mol. The van der Waals surface area contributed by atoms with Gasteiger partial charge in [-0.25, -0.2) is 0 Å². The van der Waals surface area contributed by atoms with Crippen molar-refractivity contribution in [1.82, 2.24) is 5.32 Å². The number of hydrogen-bond acceptors (Lipinski definition) is 5. The van der Waals surface area contributed by atoms with E-state index in [4.69, 9.17) is 9.47 Å². The van der Waals surface area contributed by atoms with Gasteiger partial charge in [-0.2, -0.15) is 0 Å². The molecule has 0 aliphatic carbocycles. The second-order valence-electron chi connectivity index (χ2n) is 4.55. The predicted molar refractivity (Wildman–Crippen MR) is 70.3 cm³/mol. The highest BCUT2D eigenvalue weighted by Gasteiger charge is 2.15. The maximum Gasteiger partial charge on any atom is 0.270 e. The first-order valence-electron chi connectivity index (χ1n) is 6.33. The number of ether oxygens (including phenoxy) is 2. The van der Waals surface area contributed by atoms with Crippen molar-refractivity contribution in [2.45, 2.75) is 25.4 Å². The Balaban J connectivity index is 2.04. The SMILES string of the molecule is COc1ccc([N+](=O)[O-])cc1CNC1CCCOC1. The zero-order valence-electron chi connectivity index (χ0n) is 10.9. The quantitative estimate of drug-likeness (QED) is 0.650. The highest BCUT2D eigenvalue weighted by molar-refractivity contribution is 5.43. The number of nitrogens with one attached hydrogen (secondary N) is 1. The highest BCUT2D eigenvalue weighted by Crippen LogP contribution is 2.24. The van der Waals surface area contributed by atoms with Crippen molar-refractivity contribution in [1.29, 1.82) is 0 Å². The fraction of sp³-hybridized carbons (Fsp3) is 0.538. The summed E-state index contributed by atoms with van der Waals surface area (Å²) in [5.41, 5.74) is 0.875. The maximum absolute atomic E-state index is 10.8. The van der Waals surface area contributed by atoms with Crippen molar-refractivity contribution in [3.8, 4) is 5.75 Å². The summed E-state index contributed by atoms with van der Waals surface area (Å²) in [6, 6.07) is 4.94. The smallest absolute Gasteiger partial charge is 0.270 e. The highest BCUT2D eigenvalue weighted by atomic mass is 16.6. The van der Waals surface area contributed by atoms with Crippen LogP contribution in [0.5, 0.6) is 5.75 Å². The van der Waals surface area contributed by atoms with Gasteiger partial charge in [0.2, 0.25) is 0 Å². The van der Waals surface area contributed by atoms with Gasteiger partial charge in [-0.15, -0.1) is 0 Å². The van der Waals surface area contributed by atoms with Crippen LogP contribution in [-0.4, -0.2) is 31.3 Å². The lowest BCUT2D eigenvalue weighted by Crippen LogP contribution is -2.36. The van der Waals surface area contributed by atoms with Crippen LogP contribution < -0.4 is 10.1 Å². The van der Waals surface area contributed by atoms with Gasteiger partial charge in [-0.1, -0.05) is 0 Å². The lowest BCUT2D eigenvalue weighted by atomic mass is 10.1. The van der Waals surface area contributed by atoms with E-state index in [0.29, 0.717) is 24.9 Å². The molecule has 1 N–H and O–H groups in total. The minimum atomic E-state index is -0.396. The molecule has 104 valence electrons. The lowest BCUT2D eigenvalue weighted by molar-refractivity contribution is -0.384. The average Bonchev–Trinajstić information content (AvgIpc) is 2.45. The third-order valence-electron chi connectivity index (χ3n) is 3.22. The molecule has 19 heavy (non-hydrogen) atoms. The number of hydrogen-bond donors (Lipinski definition) is 1. The van der Waals surface area contributed by atoms with Gasteiger partial charge in [-0.05, 0) is 18.9 Å². The van der Waals surface area contributed by atoms with Gasteiger partial charge in [0.1, 0.15) is 5.75 Å². The van der Waals surface area contributed by atoms with Gasteiger partial charge in [0.05, 0.1) is 18.6 Å². The fourth-order valence-corrected chi connectivity index (χ4v) is 2.17. The van der Waals surface area contributed by atoms with Gasteiger partial charge < -0.3 is 14.8 Å². The summed E-state index contributed by atoms with van der Waals surface area (Å²) < 4.78 is 10.6. The molecule has 0 saturated carbocycles. The molecule has 1 aliphatic rings. The second-order valence-corrected chi connectivity index (χ2v) is 4.55. The molecule has 0 radical (unpaired) electrons. The van der Waals surface area contributed by atoms with Gasteiger partial charge in [0, 0.05) is 36.9 Å². The first-order chi connectivity index (χ1) is 9.20. The molecule has 2 rings (SSSR count). The third kappa shape index (κ3) is 3.65. The van der Waals surface area contributed by atoms with Crippen LogP contribution >= 0.6 is 0 Å². The largest absolute Gasteiger partial charge is 0.496 e. The van der Waals surface area contributed by atoms with Crippen LogP contribution in [0.15, 0.2) is 18.2 Å². The van der Waals surface area contributed by atoms with Crippen molar-refractivity contribution >= 4 is 5.69 Å². The van der Waals surface area contributed by atoms with Crippen LogP contribution in [0, 0.1) is 10.1 Å². The van der Waals surface area contributed by atoms with E-state index in [1.165, 1.54) is 6.07 Å². The number of benzene rings is 1. The zero-order valence-corrected chi connectivity index (χ0v) is 10.9. The monoisotopic (exact) mass is 266 g/mol. The van der Waals surface area contributed by atoms with E-state index >= 15 is 0 Å². The Morgan fingerprint density at radius 3 is 3.05 bits per heavy atom. The maximum atomic E-state index is 10.8. The Morgan fingerprint density at radius 2 is 2.42 bits per heavy atom.